The molecule has 1 heterocycles. The van der Waals surface area contributed by atoms with Gasteiger partial charge < -0.3 is 5.11 Å². The number of carbonyl (C=O) groups excluding carboxylic acids is 2. The highest BCUT2D eigenvalue weighted by Crippen LogP contribution is 2.33. The van der Waals surface area contributed by atoms with Crippen molar-refractivity contribution in [2.75, 3.05) is 10.7 Å². The van der Waals surface area contributed by atoms with Crippen molar-refractivity contribution in [2.24, 2.45) is 0 Å². The van der Waals surface area contributed by atoms with Crippen LogP contribution < -0.4 is 4.90 Å². The Balaban J connectivity index is 1.78. The predicted molar refractivity (Wildman–Crippen MR) is 101 cm³/mol. The van der Waals surface area contributed by atoms with E-state index in [-0.39, 0.29) is 10.6 Å². The van der Waals surface area contributed by atoms with Crippen molar-refractivity contribution in [3.63, 3.8) is 0 Å². The Morgan fingerprint density at radius 1 is 0.857 bits per heavy atom. The molecule has 0 saturated heterocycles. The molecular formula is C20H13NO6S. The molecule has 2 amide bonds. The van der Waals surface area contributed by atoms with Crippen molar-refractivity contribution in [2.45, 2.75) is 4.90 Å². The fourth-order valence-electron chi connectivity index (χ4n) is 3.31. The zero-order valence-corrected chi connectivity index (χ0v) is 15.1. The lowest BCUT2D eigenvalue weighted by Crippen LogP contribution is -2.40. The molecule has 3 aromatic rings. The summed E-state index contributed by atoms with van der Waals surface area (Å²) in [6.45, 7) is 0. The van der Waals surface area contributed by atoms with E-state index >= 15 is 0 Å². The molecule has 0 aliphatic carbocycles. The van der Waals surface area contributed by atoms with Crippen molar-refractivity contribution in [1.82, 2.24) is 0 Å². The number of carboxylic acid groups (broad SMARTS) is 1. The van der Waals surface area contributed by atoms with Crippen molar-refractivity contribution < 1.29 is 27.9 Å². The molecular weight excluding hydrogens is 382 g/mol. The Morgan fingerprint density at radius 2 is 1.39 bits per heavy atom. The molecule has 1 aliphatic rings. The highest BCUT2D eigenvalue weighted by atomic mass is 32.2. The molecule has 140 valence electrons. The lowest BCUT2D eigenvalue weighted by atomic mass is 9.94. The Hall–Kier alpha value is -3.52. The fraction of sp³-hybridized carbons (Fsp3) is 0.0500. The van der Waals surface area contributed by atoms with E-state index in [1.807, 2.05) is 12.1 Å². The smallest absolute Gasteiger partial charge is 0.319 e. The van der Waals surface area contributed by atoms with Crippen LogP contribution in [0.1, 0.15) is 20.7 Å². The van der Waals surface area contributed by atoms with Gasteiger partial charge in [0.2, 0.25) is 0 Å². The first-order valence-corrected chi connectivity index (χ1v) is 9.90. The van der Waals surface area contributed by atoms with Gasteiger partial charge in [-0.05, 0) is 41.8 Å². The minimum atomic E-state index is -4.00. The molecule has 0 unspecified atom stereocenters. The number of carbonyl (C=O) groups is 3. The van der Waals surface area contributed by atoms with Crippen LogP contribution in [0.2, 0.25) is 0 Å². The molecule has 0 spiro atoms. The molecule has 8 heteroatoms. The monoisotopic (exact) mass is 395 g/mol. The number of carboxylic acids is 1. The van der Waals surface area contributed by atoms with Crippen molar-refractivity contribution >= 4 is 44.1 Å². The number of nitrogens with zero attached hydrogens (tertiary/aromatic N) is 1. The number of benzene rings is 3. The van der Waals surface area contributed by atoms with Crippen LogP contribution in [0.4, 0.5) is 5.69 Å². The van der Waals surface area contributed by atoms with Crippen LogP contribution in [0.15, 0.2) is 65.6 Å². The first-order valence-electron chi connectivity index (χ1n) is 8.25. The van der Waals surface area contributed by atoms with Crippen LogP contribution in [0, 0.1) is 0 Å². The van der Waals surface area contributed by atoms with Gasteiger partial charge in [-0.2, -0.15) is 0 Å². The zero-order chi connectivity index (χ0) is 20.1. The highest BCUT2D eigenvalue weighted by Gasteiger charge is 2.34. The van der Waals surface area contributed by atoms with Crippen LogP contribution in [0.25, 0.3) is 10.8 Å². The highest BCUT2D eigenvalue weighted by molar-refractivity contribution is 7.92. The largest absolute Gasteiger partial charge is 0.480 e. The number of sulfone groups is 1. The maximum atomic E-state index is 13.0. The van der Waals surface area contributed by atoms with Crippen molar-refractivity contribution in [3.8, 4) is 0 Å². The maximum absolute atomic E-state index is 13.0. The molecule has 1 N–H and O–H groups in total. The average molecular weight is 395 g/mol. The van der Waals surface area contributed by atoms with Crippen LogP contribution in [0.5, 0.6) is 0 Å². The first kappa shape index (κ1) is 17.9. The SMILES string of the molecule is O=C(O)CS(=O)(=O)c1ccc(N2C(=O)c3cccc4cccc(c34)C2=O)cc1. The summed E-state index contributed by atoms with van der Waals surface area (Å²) in [7, 11) is -4.00. The molecule has 0 fully saturated rings. The van der Waals surface area contributed by atoms with Gasteiger partial charge in [0.25, 0.3) is 11.8 Å². The molecule has 1 aliphatic heterocycles. The molecule has 0 saturated carbocycles. The number of anilines is 1. The molecule has 28 heavy (non-hydrogen) atoms. The Labute approximate surface area is 159 Å². The van der Waals surface area contributed by atoms with E-state index in [4.69, 9.17) is 5.11 Å². The summed E-state index contributed by atoms with van der Waals surface area (Å²) in [5.41, 5.74) is 0.973. The summed E-state index contributed by atoms with van der Waals surface area (Å²) in [4.78, 5) is 37.4. The quantitative estimate of drug-likeness (QED) is 0.680. The van der Waals surface area contributed by atoms with Crippen molar-refractivity contribution in [3.05, 3.63) is 71.8 Å². The van der Waals surface area contributed by atoms with Crippen LogP contribution in [0.3, 0.4) is 0 Å². The third-order valence-electron chi connectivity index (χ3n) is 4.54. The number of imide groups is 1. The van der Waals surface area contributed by atoms with Gasteiger partial charge in [0, 0.05) is 16.5 Å². The summed E-state index contributed by atoms with van der Waals surface area (Å²) >= 11 is 0. The summed E-state index contributed by atoms with van der Waals surface area (Å²) in [5, 5.41) is 10.1. The van der Waals surface area contributed by atoms with Crippen LogP contribution in [-0.4, -0.2) is 37.1 Å². The molecule has 0 radical (unpaired) electrons. The van der Waals surface area contributed by atoms with Gasteiger partial charge in [-0.1, -0.05) is 24.3 Å². The molecule has 0 aromatic heterocycles. The second-order valence-electron chi connectivity index (χ2n) is 6.30. The number of rotatable bonds is 4. The standard InChI is InChI=1S/C20H13NO6S/c22-17(23)11-28(26,27)14-9-7-13(8-10-14)21-19(24)15-5-1-3-12-4-2-6-16(18(12)15)20(21)25/h1-10H,11H2,(H,22,23). The topological polar surface area (TPSA) is 109 Å². The lowest BCUT2D eigenvalue weighted by molar-refractivity contribution is -0.134. The van der Waals surface area contributed by atoms with E-state index in [1.54, 1.807) is 24.3 Å². The van der Waals surface area contributed by atoms with Gasteiger partial charge in [-0.15, -0.1) is 0 Å². The van der Waals surface area contributed by atoms with Gasteiger partial charge in [-0.3, -0.25) is 14.4 Å². The summed E-state index contributed by atoms with van der Waals surface area (Å²) in [6, 6.07) is 15.4. The average Bonchev–Trinajstić information content (AvgIpc) is 2.65. The maximum Gasteiger partial charge on any atom is 0.319 e. The molecule has 4 rings (SSSR count). The first-order chi connectivity index (χ1) is 13.3. The van der Waals surface area contributed by atoms with Gasteiger partial charge in [0.05, 0.1) is 10.6 Å². The van der Waals surface area contributed by atoms with Crippen LogP contribution >= 0.6 is 0 Å². The van der Waals surface area contributed by atoms with Gasteiger partial charge in [0.15, 0.2) is 15.6 Å². The molecule has 7 nitrogen and oxygen atoms in total. The van der Waals surface area contributed by atoms with E-state index in [1.165, 1.54) is 24.3 Å². The number of amides is 2. The van der Waals surface area contributed by atoms with E-state index in [0.29, 0.717) is 16.5 Å². The number of hydrogen-bond donors (Lipinski definition) is 1. The lowest BCUT2D eigenvalue weighted by Gasteiger charge is -2.27. The van der Waals surface area contributed by atoms with E-state index in [9.17, 15) is 22.8 Å². The van der Waals surface area contributed by atoms with Crippen LogP contribution in [-0.2, 0) is 14.6 Å². The van der Waals surface area contributed by atoms with Gasteiger partial charge in [0.1, 0.15) is 0 Å². The molecule has 0 atom stereocenters. The van der Waals surface area contributed by atoms with E-state index in [2.05, 4.69) is 0 Å². The second-order valence-corrected chi connectivity index (χ2v) is 8.29. The predicted octanol–water partition coefficient (Wildman–Crippen LogP) is 2.50. The van der Waals surface area contributed by atoms with Gasteiger partial charge >= 0.3 is 5.97 Å². The number of aliphatic carboxylic acids is 1. The van der Waals surface area contributed by atoms with E-state index in [0.717, 1.165) is 10.3 Å². The minimum Gasteiger partial charge on any atom is -0.480 e. The van der Waals surface area contributed by atoms with Gasteiger partial charge in [-0.25, -0.2) is 13.3 Å². The molecule has 0 bridgehead atoms. The Bertz CT molecular complexity index is 1210. The Kier molecular flexibility index (Phi) is 4.01. The van der Waals surface area contributed by atoms with E-state index < -0.39 is 33.4 Å². The second kappa shape index (κ2) is 6.28. The zero-order valence-electron chi connectivity index (χ0n) is 14.3. The molecule has 3 aromatic carbocycles. The third kappa shape index (κ3) is 2.74. The summed E-state index contributed by atoms with van der Waals surface area (Å²) < 4.78 is 24.0. The van der Waals surface area contributed by atoms with Crippen molar-refractivity contribution in [1.29, 1.82) is 0 Å². The normalized spacial score (nSPS) is 13.8. The number of hydrogen-bond acceptors (Lipinski definition) is 5. The summed E-state index contributed by atoms with van der Waals surface area (Å²) in [5.74, 6) is -3.51. The fourth-order valence-corrected chi connectivity index (χ4v) is 4.36. The third-order valence-corrected chi connectivity index (χ3v) is 6.16. The summed E-state index contributed by atoms with van der Waals surface area (Å²) in [6.07, 6.45) is 0. The minimum absolute atomic E-state index is 0.196. The Morgan fingerprint density at radius 3 is 1.89 bits per heavy atom.